The summed E-state index contributed by atoms with van der Waals surface area (Å²) in [4.78, 5) is 22.9. The number of methoxy groups -OCH3 is 1. The highest BCUT2D eigenvalue weighted by atomic mass is 16.5. The van der Waals surface area contributed by atoms with Crippen LogP contribution in [0.1, 0.15) is 15.9 Å². The minimum Gasteiger partial charge on any atom is -0.497 e. The summed E-state index contributed by atoms with van der Waals surface area (Å²) < 4.78 is 10.3. The number of allylic oxidation sites excluding steroid dienone is 1. The highest BCUT2D eigenvalue weighted by molar-refractivity contribution is 6.08. The lowest BCUT2D eigenvalue weighted by Gasteiger charge is -2.04. The van der Waals surface area contributed by atoms with Crippen molar-refractivity contribution in [1.82, 2.24) is 0 Å². The van der Waals surface area contributed by atoms with Crippen LogP contribution in [0, 0.1) is 0 Å². The fourth-order valence-corrected chi connectivity index (χ4v) is 2.59. The van der Waals surface area contributed by atoms with Gasteiger partial charge >= 0.3 is 5.97 Å². The zero-order chi connectivity index (χ0) is 19.2. The second-order valence-corrected chi connectivity index (χ2v) is 5.88. The number of carboxylic acid groups (broad SMARTS) is 1. The first-order valence-electron chi connectivity index (χ1n) is 8.30. The molecular weight excluding hydrogens is 344 g/mol. The third kappa shape index (κ3) is 4.73. The minimum atomic E-state index is -1.03. The van der Waals surface area contributed by atoms with Gasteiger partial charge < -0.3 is 14.6 Å². The van der Waals surface area contributed by atoms with Gasteiger partial charge in [-0.15, -0.1) is 0 Å². The van der Waals surface area contributed by atoms with E-state index < -0.39 is 5.97 Å². The number of hydrogen-bond donors (Lipinski definition) is 1. The molecule has 0 amide bonds. The van der Waals surface area contributed by atoms with Gasteiger partial charge in [0.15, 0.2) is 12.4 Å². The Bertz CT molecular complexity index is 1000. The van der Waals surface area contributed by atoms with Gasteiger partial charge in [-0.2, -0.15) is 0 Å². The molecule has 0 fully saturated rings. The Balaban J connectivity index is 1.70. The van der Waals surface area contributed by atoms with E-state index in [4.69, 9.17) is 14.6 Å². The van der Waals surface area contributed by atoms with Crippen LogP contribution in [-0.2, 0) is 4.79 Å². The molecule has 0 saturated carbocycles. The smallest absolute Gasteiger partial charge is 0.341 e. The molecule has 0 atom stereocenters. The average Bonchev–Trinajstić information content (AvgIpc) is 2.70. The minimum absolute atomic E-state index is 0.0982. The van der Waals surface area contributed by atoms with E-state index in [1.54, 1.807) is 43.5 Å². The molecule has 0 aliphatic rings. The first-order valence-corrected chi connectivity index (χ1v) is 8.30. The molecule has 136 valence electrons. The summed E-state index contributed by atoms with van der Waals surface area (Å²) in [5.74, 6) is 0.111. The van der Waals surface area contributed by atoms with Crippen molar-refractivity contribution in [3.05, 3.63) is 77.9 Å². The number of rotatable bonds is 7. The van der Waals surface area contributed by atoms with Crippen LogP contribution in [-0.4, -0.2) is 30.6 Å². The lowest BCUT2D eigenvalue weighted by molar-refractivity contribution is -0.139. The molecule has 0 aliphatic heterocycles. The monoisotopic (exact) mass is 362 g/mol. The van der Waals surface area contributed by atoms with Crippen molar-refractivity contribution < 1.29 is 24.2 Å². The van der Waals surface area contributed by atoms with E-state index in [2.05, 4.69) is 0 Å². The summed E-state index contributed by atoms with van der Waals surface area (Å²) in [7, 11) is 1.62. The maximum absolute atomic E-state index is 12.4. The number of hydrogen-bond acceptors (Lipinski definition) is 4. The number of carboxylic acids is 1. The van der Waals surface area contributed by atoms with E-state index in [0.29, 0.717) is 11.3 Å². The van der Waals surface area contributed by atoms with Crippen LogP contribution in [0.4, 0.5) is 0 Å². The maximum atomic E-state index is 12.4. The molecule has 0 heterocycles. The van der Waals surface area contributed by atoms with Crippen LogP contribution in [0.25, 0.3) is 16.8 Å². The Morgan fingerprint density at radius 2 is 1.59 bits per heavy atom. The Kier molecular flexibility index (Phi) is 5.52. The fourth-order valence-electron chi connectivity index (χ4n) is 2.59. The van der Waals surface area contributed by atoms with E-state index >= 15 is 0 Å². The largest absolute Gasteiger partial charge is 0.497 e. The Morgan fingerprint density at radius 3 is 2.30 bits per heavy atom. The summed E-state index contributed by atoms with van der Waals surface area (Å²) in [5.41, 5.74) is 1.42. The first-order chi connectivity index (χ1) is 13.0. The number of ether oxygens (including phenoxy) is 2. The molecule has 0 saturated heterocycles. The molecule has 0 unspecified atom stereocenters. The predicted molar refractivity (Wildman–Crippen MR) is 103 cm³/mol. The molecule has 1 N–H and O–H groups in total. The summed E-state index contributed by atoms with van der Waals surface area (Å²) in [6.07, 6.45) is 3.22. The molecule has 5 heteroatoms. The summed E-state index contributed by atoms with van der Waals surface area (Å²) in [6, 6.07) is 18.1. The van der Waals surface area contributed by atoms with Crippen molar-refractivity contribution in [1.29, 1.82) is 0 Å². The van der Waals surface area contributed by atoms with Gasteiger partial charge in [0.25, 0.3) is 0 Å². The molecule has 0 spiro atoms. The third-order valence-corrected chi connectivity index (χ3v) is 4.00. The molecule has 0 aliphatic carbocycles. The lowest BCUT2D eigenvalue weighted by atomic mass is 10.0. The zero-order valence-electron chi connectivity index (χ0n) is 14.7. The number of ketones is 1. The molecule has 3 aromatic rings. The van der Waals surface area contributed by atoms with Gasteiger partial charge in [-0.1, -0.05) is 36.4 Å². The van der Waals surface area contributed by atoms with Gasteiger partial charge in [-0.25, -0.2) is 4.79 Å². The Morgan fingerprint density at radius 1 is 0.926 bits per heavy atom. The van der Waals surface area contributed by atoms with E-state index in [1.807, 2.05) is 30.3 Å². The highest BCUT2D eigenvalue weighted by Gasteiger charge is 2.04. The van der Waals surface area contributed by atoms with Gasteiger partial charge in [0.05, 0.1) is 7.11 Å². The quantitative estimate of drug-likeness (QED) is 0.503. The molecule has 5 nitrogen and oxygen atoms in total. The molecule has 0 aromatic heterocycles. The normalized spacial score (nSPS) is 10.9. The van der Waals surface area contributed by atoms with Crippen LogP contribution < -0.4 is 9.47 Å². The zero-order valence-corrected chi connectivity index (χ0v) is 14.7. The second-order valence-electron chi connectivity index (χ2n) is 5.88. The van der Waals surface area contributed by atoms with Crippen LogP contribution in [0.5, 0.6) is 11.5 Å². The number of benzene rings is 3. The fraction of sp³-hybridized carbons (Fsp3) is 0.0909. The highest BCUT2D eigenvalue weighted by Crippen LogP contribution is 2.22. The Hall–Kier alpha value is -3.60. The van der Waals surface area contributed by atoms with Crippen molar-refractivity contribution >= 4 is 28.6 Å². The lowest BCUT2D eigenvalue weighted by Crippen LogP contribution is -2.09. The summed E-state index contributed by atoms with van der Waals surface area (Å²) in [6.45, 7) is -0.387. The van der Waals surface area contributed by atoms with Crippen LogP contribution in [0.3, 0.4) is 0 Å². The number of carbonyl (C=O) groups excluding carboxylic acids is 1. The van der Waals surface area contributed by atoms with Crippen LogP contribution in [0.2, 0.25) is 0 Å². The molecule has 3 aromatic carbocycles. The van der Waals surface area contributed by atoms with E-state index in [0.717, 1.165) is 22.1 Å². The van der Waals surface area contributed by atoms with E-state index in [9.17, 15) is 9.59 Å². The van der Waals surface area contributed by atoms with Gasteiger partial charge in [-0.3, -0.25) is 4.79 Å². The van der Waals surface area contributed by atoms with Crippen LogP contribution in [0.15, 0.2) is 66.7 Å². The van der Waals surface area contributed by atoms with Gasteiger partial charge in [-0.05, 0) is 52.7 Å². The van der Waals surface area contributed by atoms with Crippen molar-refractivity contribution in [3.63, 3.8) is 0 Å². The standard InChI is InChI=1S/C22H18O5/c1-26-20-10-7-16-12-18(6-5-17(16)13-20)21(23)11-4-15-2-8-19(9-3-15)27-14-22(24)25/h2-13H,14H2,1H3,(H,24,25)/b11-4+. The SMILES string of the molecule is COc1ccc2cc(C(=O)/C=C/c3ccc(OCC(=O)O)cc3)ccc2c1. The molecule has 3 rings (SSSR count). The third-order valence-electron chi connectivity index (χ3n) is 4.00. The Labute approximate surface area is 156 Å². The van der Waals surface area contributed by atoms with Crippen LogP contribution >= 0.6 is 0 Å². The molecule has 27 heavy (non-hydrogen) atoms. The van der Waals surface area contributed by atoms with Gasteiger partial charge in [0.2, 0.25) is 0 Å². The summed E-state index contributed by atoms with van der Waals surface area (Å²) >= 11 is 0. The number of fused-ring (bicyclic) bond motifs is 1. The second kappa shape index (κ2) is 8.19. The number of carbonyl (C=O) groups is 2. The topological polar surface area (TPSA) is 72.8 Å². The molecule has 0 radical (unpaired) electrons. The van der Waals surface area contributed by atoms with E-state index in [1.165, 1.54) is 6.08 Å². The van der Waals surface area contributed by atoms with Crippen molar-refractivity contribution in [2.75, 3.05) is 13.7 Å². The maximum Gasteiger partial charge on any atom is 0.341 e. The number of aliphatic carboxylic acids is 1. The molecular formula is C22H18O5. The van der Waals surface area contributed by atoms with Gasteiger partial charge in [0, 0.05) is 5.56 Å². The van der Waals surface area contributed by atoms with Gasteiger partial charge in [0.1, 0.15) is 11.5 Å². The van der Waals surface area contributed by atoms with Crippen molar-refractivity contribution in [2.45, 2.75) is 0 Å². The van der Waals surface area contributed by atoms with E-state index in [-0.39, 0.29) is 12.4 Å². The predicted octanol–water partition coefficient (Wildman–Crippen LogP) is 4.21. The summed E-state index contributed by atoms with van der Waals surface area (Å²) in [5, 5.41) is 10.6. The molecule has 0 bridgehead atoms. The first kappa shape index (κ1) is 18.2. The van der Waals surface area contributed by atoms with Crippen molar-refractivity contribution in [3.8, 4) is 11.5 Å². The average molecular weight is 362 g/mol. The van der Waals surface area contributed by atoms with Crippen molar-refractivity contribution in [2.24, 2.45) is 0 Å².